The second-order valence-corrected chi connectivity index (χ2v) is 5.52. The number of aryl methyl sites for hydroxylation is 1. The lowest BCUT2D eigenvalue weighted by atomic mass is 10.1. The molecular weight excluding hydrogens is 258 g/mol. The van der Waals surface area contributed by atoms with Crippen LogP contribution in [0.5, 0.6) is 0 Å². The van der Waals surface area contributed by atoms with Crippen molar-refractivity contribution in [2.24, 2.45) is 0 Å². The van der Waals surface area contributed by atoms with E-state index in [0.29, 0.717) is 5.92 Å². The number of aromatic nitrogens is 4. The molecule has 0 fully saturated rings. The van der Waals surface area contributed by atoms with Crippen LogP contribution in [-0.4, -0.2) is 25.7 Å². The molecule has 6 heteroatoms. The number of imidazole rings is 1. The Morgan fingerprint density at radius 1 is 1.37 bits per heavy atom. The highest BCUT2D eigenvalue weighted by Crippen LogP contribution is 2.30. The van der Waals surface area contributed by atoms with Crippen molar-refractivity contribution >= 4 is 11.5 Å². The molecule has 0 bridgehead atoms. The predicted molar refractivity (Wildman–Crippen MR) is 77.4 cm³/mol. The molecule has 0 saturated heterocycles. The SMILES string of the molecule is CCNC(c1snnc1C(C)C)c1nccn1CC. The van der Waals surface area contributed by atoms with Crippen LogP contribution in [0.1, 0.15) is 56.1 Å². The third-order valence-corrected chi connectivity index (χ3v) is 3.91. The van der Waals surface area contributed by atoms with Gasteiger partial charge in [-0.1, -0.05) is 25.3 Å². The fourth-order valence-electron chi connectivity index (χ4n) is 2.16. The fraction of sp³-hybridized carbons (Fsp3) is 0.615. The van der Waals surface area contributed by atoms with Crippen molar-refractivity contribution in [1.82, 2.24) is 24.5 Å². The number of hydrogen-bond acceptors (Lipinski definition) is 5. The van der Waals surface area contributed by atoms with E-state index in [2.05, 4.69) is 52.1 Å². The Morgan fingerprint density at radius 2 is 2.16 bits per heavy atom. The van der Waals surface area contributed by atoms with Crippen molar-refractivity contribution < 1.29 is 0 Å². The van der Waals surface area contributed by atoms with E-state index in [4.69, 9.17) is 0 Å². The topological polar surface area (TPSA) is 55.6 Å². The summed E-state index contributed by atoms with van der Waals surface area (Å²) in [6.07, 6.45) is 3.87. The van der Waals surface area contributed by atoms with Crippen LogP contribution in [0.2, 0.25) is 0 Å². The molecule has 5 nitrogen and oxygen atoms in total. The van der Waals surface area contributed by atoms with Crippen LogP contribution >= 0.6 is 11.5 Å². The van der Waals surface area contributed by atoms with Crippen molar-refractivity contribution in [1.29, 1.82) is 0 Å². The first-order valence-corrected chi connectivity index (χ1v) is 7.52. The second kappa shape index (κ2) is 6.25. The van der Waals surface area contributed by atoms with E-state index in [1.165, 1.54) is 16.4 Å². The summed E-state index contributed by atoms with van der Waals surface area (Å²) < 4.78 is 6.29. The van der Waals surface area contributed by atoms with Crippen LogP contribution < -0.4 is 5.32 Å². The minimum Gasteiger partial charge on any atom is -0.334 e. The molecule has 0 amide bonds. The zero-order chi connectivity index (χ0) is 13.8. The average Bonchev–Trinajstić information content (AvgIpc) is 3.04. The van der Waals surface area contributed by atoms with Gasteiger partial charge >= 0.3 is 0 Å². The summed E-state index contributed by atoms with van der Waals surface area (Å²) in [5.74, 6) is 1.41. The van der Waals surface area contributed by atoms with Gasteiger partial charge < -0.3 is 9.88 Å². The van der Waals surface area contributed by atoms with Crippen LogP contribution in [0.3, 0.4) is 0 Å². The highest BCUT2D eigenvalue weighted by molar-refractivity contribution is 7.05. The molecule has 2 aromatic rings. The molecule has 19 heavy (non-hydrogen) atoms. The fourth-order valence-corrected chi connectivity index (χ4v) is 3.04. The monoisotopic (exact) mass is 279 g/mol. The minimum absolute atomic E-state index is 0.0809. The maximum Gasteiger partial charge on any atom is 0.131 e. The van der Waals surface area contributed by atoms with E-state index < -0.39 is 0 Å². The van der Waals surface area contributed by atoms with Crippen molar-refractivity contribution in [3.05, 3.63) is 28.8 Å². The van der Waals surface area contributed by atoms with Crippen molar-refractivity contribution in [3.63, 3.8) is 0 Å². The molecule has 0 aliphatic heterocycles. The Labute approximate surface area is 118 Å². The Bertz CT molecular complexity index is 517. The summed E-state index contributed by atoms with van der Waals surface area (Å²) in [5.41, 5.74) is 1.07. The van der Waals surface area contributed by atoms with Gasteiger partial charge in [0.2, 0.25) is 0 Å². The van der Waals surface area contributed by atoms with E-state index >= 15 is 0 Å². The molecule has 0 spiro atoms. The van der Waals surface area contributed by atoms with Gasteiger partial charge in [0.1, 0.15) is 11.9 Å². The predicted octanol–water partition coefficient (Wildman–Crippen LogP) is 2.58. The number of nitrogens with zero attached hydrogens (tertiary/aromatic N) is 4. The molecule has 104 valence electrons. The lowest BCUT2D eigenvalue weighted by Crippen LogP contribution is -2.25. The van der Waals surface area contributed by atoms with Gasteiger partial charge in [-0.15, -0.1) is 5.10 Å². The summed E-state index contributed by atoms with van der Waals surface area (Å²) in [5, 5.41) is 7.78. The first-order valence-electron chi connectivity index (χ1n) is 6.75. The largest absolute Gasteiger partial charge is 0.334 e. The molecule has 2 aromatic heterocycles. The highest BCUT2D eigenvalue weighted by atomic mass is 32.1. The van der Waals surface area contributed by atoms with Gasteiger partial charge in [0.25, 0.3) is 0 Å². The zero-order valence-electron chi connectivity index (χ0n) is 11.9. The van der Waals surface area contributed by atoms with Gasteiger partial charge in [-0.2, -0.15) is 0 Å². The van der Waals surface area contributed by atoms with E-state index in [-0.39, 0.29) is 6.04 Å². The summed E-state index contributed by atoms with van der Waals surface area (Å²) in [7, 11) is 0. The molecule has 2 rings (SSSR count). The molecular formula is C13H21N5S. The second-order valence-electron chi connectivity index (χ2n) is 4.74. The third kappa shape index (κ3) is 2.84. The Balaban J connectivity index is 2.42. The summed E-state index contributed by atoms with van der Waals surface area (Å²) in [6.45, 7) is 10.3. The molecule has 1 N–H and O–H groups in total. The molecule has 0 aliphatic rings. The van der Waals surface area contributed by atoms with Crippen LogP contribution in [0.15, 0.2) is 12.4 Å². The first kappa shape index (κ1) is 14.1. The normalized spacial score (nSPS) is 13.1. The molecule has 2 heterocycles. The molecule has 1 unspecified atom stereocenters. The molecule has 0 saturated carbocycles. The standard InChI is InChI=1S/C13H21N5S/c1-5-14-11(13-15-7-8-18(13)6-2)12-10(9(3)4)16-17-19-12/h7-9,11,14H,5-6H2,1-4H3. The van der Waals surface area contributed by atoms with E-state index in [1.54, 1.807) is 0 Å². The highest BCUT2D eigenvalue weighted by Gasteiger charge is 2.25. The Morgan fingerprint density at radius 3 is 2.79 bits per heavy atom. The van der Waals surface area contributed by atoms with Gasteiger partial charge in [0, 0.05) is 18.9 Å². The van der Waals surface area contributed by atoms with Crippen molar-refractivity contribution in [2.45, 2.75) is 46.2 Å². The Kier molecular flexibility index (Phi) is 4.66. The van der Waals surface area contributed by atoms with Crippen LogP contribution in [0, 0.1) is 0 Å². The Hall–Kier alpha value is -1.27. The zero-order valence-corrected chi connectivity index (χ0v) is 12.7. The number of rotatable bonds is 6. The molecule has 0 aliphatic carbocycles. The van der Waals surface area contributed by atoms with E-state index in [1.807, 2.05) is 12.4 Å². The number of hydrogen-bond donors (Lipinski definition) is 1. The average molecular weight is 279 g/mol. The molecule has 0 radical (unpaired) electrons. The van der Waals surface area contributed by atoms with E-state index in [0.717, 1.165) is 24.6 Å². The van der Waals surface area contributed by atoms with Gasteiger partial charge in [-0.3, -0.25) is 0 Å². The van der Waals surface area contributed by atoms with Gasteiger partial charge in [0.15, 0.2) is 0 Å². The van der Waals surface area contributed by atoms with Gasteiger partial charge in [-0.05, 0) is 30.9 Å². The van der Waals surface area contributed by atoms with Crippen molar-refractivity contribution in [3.8, 4) is 0 Å². The molecule has 1 atom stereocenters. The first-order chi connectivity index (χ1) is 9.19. The lowest BCUT2D eigenvalue weighted by molar-refractivity contribution is 0.558. The quantitative estimate of drug-likeness (QED) is 0.883. The summed E-state index contributed by atoms with van der Waals surface area (Å²) in [4.78, 5) is 5.69. The van der Waals surface area contributed by atoms with Gasteiger partial charge in [-0.25, -0.2) is 4.98 Å². The summed E-state index contributed by atoms with van der Waals surface area (Å²) >= 11 is 1.47. The maximum atomic E-state index is 4.51. The van der Waals surface area contributed by atoms with Crippen LogP contribution in [-0.2, 0) is 6.54 Å². The summed E-state index contributed by atoms with van der Waals surface area (Å²) in [6, 6.07) is 0.0809. The smallest absolute Gasteiger partial charge is 0.131 e. The number of nitrogens with one attached hydrogen (secondary N) is 1. The van der Waals surface area contributed by atoms with Crippen molar-refractivity contribution in [2.75, 3.05) is 6.54 Å². The van der Waals surface area contributed by atoms with Crippen LogP contribution in [0.4, 0.5) is 0 Å². The van der Waals surface area contributed by atoms with Crippen LogP contribution in [0.25, 0.3) is 0 Å². The third-order valence-electron chi connectivity index (χ3n) is 3.10. The maximum absolute atomic E-state index is 4.51. The lowest BCUT2D eigenvalue weighted by Gasteiger charge is -2.18. The van der Waals surface area contributed by atoms with Gasteiger partial charge in [0.05, 0.1) is 10.6 Å². The minimum atomic E-state index is 0.0809. The molecule has 0 aromatic carbocycles. The van der Waals surface area contributed by atoms with E-state index in [9.17, 15) is 0 Å².